The van der Waals surface area contributed by atoms with E-state index in [4.69, 9.17) is 0 Å². The first-order valence-corrected chi connectivity index (χ1v) is 5.57. The third-order valence-corrected chi connectivity index (χ3v) is 2.71. The lowest BCUT2D eigenvalue weighted by Crippen LogP contribution is -2.46. The molecule has 1 radical (unpaired) electrons. The van der Waals surface area contributed by atoms with Crippen molar-refractivity contribution in [1.82, 2.24) is 4.90 Å². The molecule has 87 valence electrons. The summed E-state index contributed by atoms with van der Waals surface area (Å²) in [5, 5.41) is 9.76. The number of aliphatic hydroxyl groups is 1. The minimum atomic E-state index is -0.585. The van der Waals surface area contributed by atoms with Gasteiger partial charge in [-0.2, -0.15) is 0 Å². The summed E-state index contributed by atoms with van der Waals surface area (Å²) in [5.74, 6) is 0.0954. The van der Waals surface area contributed by atoms with Crippen LogP contribution in [0.3, 0.4) is 0 Å². The van der Waals surface area contributed by atoms with E-state index in [-0.39, 0.29) is 11.3 Å². The number of likely N-dealkylation sites (tertiary alicyclic amines) is 1. The van der Waals surface area contributed by atoms with E-state index in [0.29, 0.717) is 25.9 Å². The highest BCUT2D eigenvalue weighted by atomic mass is 16.3. The molecule has 0 spiro atoms. The fraction of sp³-hybridized carbons (Fsp3) is 0.833. The van der Waals surface area contributed by atoms with Gasteiger partial charge in [-0.3, -0.25) is 4.79 Å². The van der Waals surface area contributed by atoms with Crippen molar-refractivity contribution in [2.75, 3.05) is 13.1 Å². The van der Waals surface area contributed by atoms with Gasteiger partial charge in [0.1, 0.15) is 0 Å². The second-order valence-corrected chi connectivity index (χ2v) is 5.83. The second-order valence-electron chi connectivity index (χ2n) is 5.83. The van der Waals surface area contributed by atoms with Crippen LogP contribution in [-0.4, -0.2) is 34.6 Å². The maximum atomic E-state index is 11.8. The number of carbonyl (C=O) groups is 1. The first-order valence-electron chi connectivity index (χ1n) is 5.57. The molecule has 0 aromatic carbocycles. The third kappa shape index (κ3) is 4.20. The number of hydrogen-bond donors (Lipinski definition) is 1. The Bertz CT molecular complexity index is 230. The number of carbonyl (C=O) groups excluding carboxylic acids is 1. The van der Waals surface area contributed by atoms with Crippen molar-refractivity contribution in [1.29, 1.82) is 0 Å². The number of piperidine rings is 1. The van der Waals surface area contributed by atoms with Gasteiger partial charge in [0.05, 0.1) is 12.0 Å². The van der Waals surface area contributed by atoms with Crippen LogP contribution in [0.15, 0.2) is 0 Å². The first kappa shape index (κ1) is 12.5. The molecule has 1 saturated heterocycles. The Kier molecular flexibility index (Phi) is 3.44. The van der Waals surface area contributed by atoms with Crippen LogP contribution < -0.4 is 0 Å². The fourth-order valence-corrected chi connectivity index (χ4v) is 1.67. The lowest BCUT2D eigenvalue weighted by atomic mass is 9.89. The summed E-state index contributed by atoms with van der Waals surface area (Å²) in [6, 6.07) is 0. The van der Waals surface area contributed by atoms with Crippen LogP contribution in [0.1, 0.15) is 40.5 Å². The molecule has 0 aromatic rings. The van der Waals surface area contributed by atoms with Crippen LogP contribution in [0.25, 0.3) is 0 Å². The fourth-order valence-electron chi connectivity index (χ4n) is 1.67. The lowest BCUT2D eigenvalue weighted by molar-refractivity contribution is -0.132. The number of amides is 1. The Hall–Kier alpha value is -0.570. The van der Waals surface area contributed by atoms with E-state index in [9.17, 15) is 9.90 Å². The maximum Gasteiger partial charge on any atom is 0.227 e. The van der Waals surface area contributed by atoms with Gasteiger partial charge in [-0.05, 0) is 25.2 Å². The summed E-state index contributed by atoms with van der Waals surface area (Å²) in [4.78, 5) is 13.6. The van der Waals surface area contributed by atoms with Crippen molar-refractivity contribution >= 4 is 5.91 Å². The smallest absolute Gasteiger partial charge is 0.227 e. The van der Waals surface area contributed by atoms with E-state index in [1.165, 1.54) is 0 Å². The normalized spacial score (nSPS) is 21.5. The van der Waals surface area contributed by atoms with E-state index >= 15 is 0 Å². The van der Waals surface area contributed by atoms with Gasteiger partial charge in [0, 0.05) is 13.1 Å². The Balaban J connectivity index is 2.44. The quantitative estimate of drug-likeness (QED) is 0.717. The topological polar surface area (TPSA) is 40.5 Å². The molecule has 1 aliphatic heterocycles. The summed E-state index contributed by atoms with van der Waals surface area (Å²) in [6.07, 6.45) is 3.11. The molecule has 0 aromatic heterocycles. The van der Waals surface area contributed by atoms with Crippen LogP contribution >= 0.6 is 0 Å². The van der Waals surface area contributed by atoms with Crippen LogP contribution in [0.4, 0.5) is 0 Å². The molecule has 0 bridgehead atoms. The molecule has 0 saturated carbocycles. The van der Waals surface area contributed by atoms with Crippen LogP contribution in [-0.2, 0) is 4.79 Å². The summed E-state index contributed by atoms with van der Waals surface area (Å²) in [7, 11) is 0. The van der Waals surface area contributed by atoms with Gasteiger partial charge in [-0.1, -0.05) is 20.8 Å². The predicted molar refractivity (Wildman–Crippen MR) is 60.2 cm³/mol. The third-order valence-electron chi connectivity index (χ3n) is 2.71. The highest BCUT2D eigenvalue weighted by molar-refractivity contribution is 5.85. The SMILES string of the molecule is CC(C)(C)[CH]C(=O)N1CCC(C)(O)CC1. The largest absolute Gasteiger partial charge is 0.390 e. The summed E-state index contributed by atoms with van der Waals surface area (Å²) in [6.45, 7) is 9.22. The van der Waals surface area contributed by atoms with Crippen molar-refractivity contribution < 1.29 is 9.90 Å². The molecule has 15 heavy (non-hydrogen) atoms. The van der Waals surface area contributed by atoms with Gasteiger partial charge < -0.3 is 10.0 Å². The van der Waals surface area contributed by atoms with Crippen LogP contribution in [0, 0.1) is 11.8 Å². The van der Waals surface area contributed by atoms with Crippen molar-refractivity contribution in [2.24, 2.45) is 5.41 Å². The molecule has 1 fully saturated rings. The Morgan fingerprint density at radius 3 is 2.20 bits per heavy atom. The molecule has 0 unspecified atom stereocenters. The van der Waals surface area contributed by atoms with Crippen molar-refractivity contribution in [3.05, 3.63) is 6.42 Å². The zero-order valence-corrected chi connectivity index (χ0v) is 10.2. The monoisotopic (exact) mass is 212 g/mol. The number of hydrogen-bond acceptors (Lipinski definition) is 2. The minimum Gasteiger partial charge on any atom is -0.390 e. The van der Waals surface area contributed by atoms with Crippen LogP contribution in [0.5, 0.6) is 0 Å². The van der Waals surface area contributed by atoms with Gasteiger partial charge in [0.25, 0.3) is 0 Å². The molecule has 3 heteroatoms. The molecular formula is C12H22NO2. The van der Waals surface area contributed by atoms with E-state index in [1.54, 1.807) is 6.42 Å². The van der Waals surface area contributed by atoms with Gasteiger partial charge in [-0.15, -0.1) is 0 Å². The Morgan fingerprint density at radius 2 is 1.80 bits per heavy atom. The van der Waals surface area contributed by atoms with Crippen molar-refractivity contribution in [3.8, 4) is 0 Å². The molecule has 1 amide bonds. The average Bonchev–Trinajstić information content (AvgIpc) is 2.00. The molecule has 1 heterocycles. The summed E-state index contributed by atoms with van der Waals surface area (Å²) < 4.78 is 0. The number of rotatable bonds is 1. The molecule has 1 N–H and O–H groups in total. The minimum absolute atomic E-state index is 0.0724. The molecular weight excluding hydrogens is 190 g/mol. The van der Waals surface area contributed by atoms with Crippen molar-refractivity contribution in [3.63, 3.8) is 0 Å². The highest BCUT2D eigenvalue weighted by Crippen LogP contribution is 2.24. The molecule has 3 nitrogen and oxygen atoms in total. The first-order chi connectivity index (χ1) is 6.70. The van der Waals surface area contributed by atoms with Gasteiger partial charge in [0.15, 0.2) is 0 Å². The molecule has 0 aliphatic carbocycles. The van der Waals surface area contributed by atoms with E-state index in [1.807, 2.05) is 32.6 Å². The van der Waals surface area contributed by atoms with E-state index in [0.717, 1.165) is 0 Å². The predicted octanol–water partition coefficient (Wildman–Crippen LogP) is 1.61. The number of nitrogens with zero attached hydrogens (tertiary/aromatic N) is 1. The van der Waals surface area contributed by atoms with Crippen molar-refractivity contribution in [2.45, 2.75) is 46.1 Å². The summed E-state index contributed by atoms with van der Waals surface area (Å²) >= 11 is 0. The molecule has 1 aliphatic rings. The maximum absolute atomic E-state index is 11.8. The lowest BCUT2D eigenvalue weighted by Gasteiger charge is -2.36. The zero-order valence-electron chi connectivity index (χ0n) is 10.2. The molecule has 1 rings (SSSR count). The van der Waals surface area contributed by atoms with Gasteiger partial charge in [-0.25, -0.2) is 0 Å². The van der Waals surface area contributed by atoms with Crippen LogP contribution in [0.2, 0.25) is 0 Å². The highest BCUT2D eigenvalue weighted by Gasteiger charge is 2.30. The Morgan fingerprint density at radius 1 is 1.33 bits per heavy atom. The van der Waals surface area contributed by atoms with E-state index in [2.05, 4.69) is 0 Å². The van der Waals surface area contributed by atoms with Gasteiger partial charge in [0.2, 0.25) is 5.91 Å². The Labute approximate surface area is 92.5 Å². The average molecular weight is 212 g/mol. The standard InChI is InChI=1S/C12H22NO2/c1-11(2,3)9-10(14)13-7-5-12(4,15)6-8-13/h9,15H,5-8H2,1-4H3. The summed E-state index contributed by atoms with van der Waals surface area (Å²) in [5.41, 5.74) is -0.657. The van der Waals surface area contributed by atoms with Gasteiger partial charge >= 0.3 is 0 Å². The molecule has 0 atom stereocenters. The second kappa shape index (κ2) is 4.12. The van der Waals surface area contributed by atoms with E-state index < -0.39 is 5.60 Å². The zero-order chi connectivity index (χ0) is 11.7.